The average Bonchev–Trinajstić information content (AvgIpc) is 3.21. The van der Waals surface area contributed by atoms with Crippen LogP contribution in [0.1, 0.15) is 206 Å². The number of ether oxygens (including phenoxy) is 4. The molecule has 0 spiro atoms. The van der Waals surface area contributed by atoms with Crippen LogP contribution in [0.15, 0.2) is 24.3 Å². The number of hydrogen-bond donors (Lipinski definition) is 4. The molecule has 1 fully saturated rings. The summed E-state index contributed by atoms with van der Waals surface area (Å²) in [4.78, 5) is 25.4. The molecular weight excluding hydrogens is 789 g/mol. The third-order valence-corrected chi connectivity index (χ3v) is 11.8. The van der Waals surface area contributed by atoms with Crippen LogP contribution < -0.4 is 0 Å². The highest BCUT2D eigenvalue weighted by molar-refractivity contribution is 7.85. The zero-order valence-corrected chi connectivity index (χ0v) is 38.4. The normalized spacial score (nSPS) is 20.3. The molecule has 60 heavy (non-hydrogen) atoms. The summed E-state index contributed by atoms with van der Waals surface area (Å²) in [6, 6.07) is 0. The van der Waals surface area contributed by atoms with Gasteiger partial charge in [-0.05, 0) is 38.5 Å². The molecule has 0 saturated carbocycles. The number of rotatable bonds is 40. The molecule has 13 heteroatoms. The molecule has 0 aromatic heterocycles. The molecule has 0 aromatic rings. The number of unbranched alkanes of at least 4 members (excludes halogenated alkanes) is 24. The van der Waals surface area contributed by atoms with Gasteiger partial charge in [0.05, 0.1) is 6.61 Å². The fourth-order valence-corrected chi connectivity index (χ4v) is 7.97. The maximum absolute atomic E-state index is 12.8. The summed E-state index contributed by atoms with van der Waals surface area (Å²) in [6.45, 7) is 3.73. The molecule has 12 nitrogen and oxygen atoms in total. The van der Waals surface area contributed by atoms with E-state index in [1.807, 2.05) is 0 Å². The van der Waals surface area contributed by atoms with Gasteiger partial charge in [-0.15, -0.1) is 0 Å². The van der Waals surface area contributed by atoms with Crippen LogP contribution in [0.4, 0.5) is 0 Å². The second kappa shape index (κ2) is 37.7. The van der Waals surface area contributed by atoms with Crippen LogP contribution in [0.25, 0.3) is 0 Å². The van der Waals surface area contributed by atoms with Gasteiger partial charge in [-0.1, -0.05) is 179 Å². The molecule has 352 valence electrons. The molecule has 0 amide bonds. The minimum atomic E-state index is -4.60. The number of hydrogen-bond acceptors (Lipinski definition) is 11. The van der Waals surface area contributed by atoms with Crippen molar-refractivity contribution in [2.75, 3.05) is 19.0 Å². The van der Waals surface area contributed by atoms with Crippen molar-refractivity contribution >= 4 is 22.1 Å². The van der Waals surface area contributed by atoms with Gasteiger partial charge in [0, 0.05) is 12.8 Å². The molecule has 0 bridgehead atoms. The van der Waals surface area contributed by atoms with Crippen LogP contribution in [-0.2, 0) is 38.7 Å². The molecule has 1 heterocycles. The number of allylic oxidation sites excluding steroid dienone is 4. The number of aliphatic hydroxyl groups excluding tert-OH is 3. The first kappa shape index (κ1) is 56.1. The molecule has 1 aliphatic heterocycles. The minimum absolute atomic E-state index is 0.151. The van der Waals surface area contributed by atoms with E-state index >= 15 is 0 Å². The third kappa shape index (κ3) is 31.9. The first-order valence-corrected chi connectivity index (χ1v) is 25.5. The van der Waals surface area contributed by atoms with E-state index in [1.165, 1.54) is 103 Å². The van der Waals surface area contributed by atoms with E-state index in [-0.39, 0.29) is 19.4 Å². The van der Waals surface area contributed by atoms with Gasteiger partial charge in [-0.2, -0.15) is 8.42 Å². The Labute approximate surface area is 364 Å². The standard InChI is InChI=1S/C47H86O12S/c1-3-5-7-9-11-13-15-17-19-20-21-22-24-25-27-29-31-33-35-42(48)56-37-40(38-57-47-46(52)45(51)44(50)41(59-47)39-60(53,54)55)58-43(49)36-34-32-30-28-26-23-18-16-14-12-10-8-6-4-2/h10,12,16,18,40-41,44-47,50-52H,3-9,11,13-15,17,19-39H2,1-2H3,(H,53,54,55)/b12-10-,18-16-. The number of carbonyl (C=O) groups excluding carboxylic acids is 2. The van der Waals surface area contributed by atoms with E-state index < -0.39 is 71.2 Å². The summed E-state index contributed by atoms with van der Waals surface area (Å²) < 4.78 is 54.1. The van der Waals surface area contributed by atoms with Crippen molar-refractivity contribution in [1.29, 1.82) is 0 Å². The van der Waals surface area contributed by atoms with E-state index in [4.69, 9.17) is 18.9 Å². The zero-order chi connectivity index (χ0) is 44.1. The molecule has 6 atom stereocenters. The van der Waals surface area contributed by atoms with Gasteiger partial charge in [0.2, 0.25) is 0 Å². The molecule has 1 aliphatic rings. The van der Waals surface area contributed by atoms with Gasteiger partial charge in [-0.3, -0.25) is 14.1 Å². The van der Waals surface area contributed by atoms with Crippen LogP contribution >= 0.6 is 0 Å². The first-order chi connectivity index (χ1) is 29.0. The Bertz CT molecular complexity index is 1210. The molecule has 0 radical (unpaired) electrons. The Kier molecular flexibility index (Phi) is 35.2. The predicted molar refractivity (Wildman–Crippen MR) is 238 cm³/mol. The van der Waals surface area contributed by atoms with Crippen LogP contribution in [-0.4, -0.2) is 96.0 Å². The lowest BCUT2D eigenvalue weighted by Gasteiger charge is -2.40. The van der Waals surface area contributed by atoms with Crippen LogP contribution in [0.2, 0.25) is 0 Å². The largest absolute Gasteiger partial charge is 0.462 e. The van der Waals surface area contributed by atoms with Gasteiger partial charge >= 0.3 is 11.9 Å². The molecule has 0 aromatic carbocycles. The summed E-state index contributed by atoms with van der Waals surface area (Å²) in [5.74, 6) is -1.99. The van der Waals surface area contributed by atoms with E-state index in [0.29, 0.717) is 12.8 Å². The van der Waals surface area contributed by atoms with Crippen molar-refractivity contribution in [3.8, 4) is 0 Å². The van der Waals surface area contributed by atoms with Crippen molar-refractivity contribution in [2.45, 2.75) is 243 Å². The van der Waals surface area contributed by atoms with Crippen LogP contribution in [0.5, 0.6) is 0 Å². The third-order valence-electron chi connectivity index (χ3n) is 11.0. The minimum Gasteiger partial charge on any atom is -0.462 e. The molecule has 4 N–H and O–H groups in total. The summed E-state index contributed by atoms with van der Waals surface area (Å²) in [6.07, 6.45) is 32.2. The molecular formula is C47H86O12S. The predicted octanol–water partition coefficient (Wildman–Crippen LogP) is 10.0. The van der Waals surface area contributed by atoms with E-state index in [0.717, 1.165) is 64.2 Å². The number of aliphatic hydroxyl groups is 3. The monoisotopic (exact) mass is 875 g/mol. The van der Waals surface area contributed by atoms with Crippen molar-refractivity contribution in [1.82, 2.24) is 0 Å². The van der Waals surface area contributed by atoms with E-state index in [9.17, 15) is 37.9 Å². The lowest BCUT2D eigenvalue weighted by atomic mass is 10.00. The van der Waals surface area contributed by atoms with Gasteiger partial charge in [0.15, 0.2) is 12.4 Å². The molecule has 6 unspecified atom stereocenters. The summed E-state index contributed by atoms with van der Waals surface area (Å²) in [5, 5.41) is 30.9. The molecule has 0 aliphatic carbocycles. The Morgan fingerprint density at radius 1 is 0.567 bits per heavy atom. The fraction of sp³-hybridized carbons (Fsp3) is 0.872. The lowest BCUT2D eigenvalue weighted by molar-refractivity contribution is -0.297. The first-order valence-electron chi connectivity index (χ1n) is 23.9. The zero-order valence-electron chi connectivity index (χ0n) is 37.6. The summed E-state index contributed by atoms with van der Waals surface area (Å²) >= 11 is 0. The average molecular weight is 875 g/mol. The Morgan fingerprint density at radius 3 is 1.52 bits per heavy atom. The van der Waals surface area contributed by atoms with Gasteiger partial charge in [0.1, 0.15) is 36.8 Å². The van der Waals surface area contributed by atoms with E-state index in [2.05, 4.69) is 38.2 Å². The Hall–Kier alpha value is -1.87. The van der Waals surface area contributed by atoms with Crippen molar-refractivity contribution in [2.24, 2.45) is 0 Å². The van der Waals surface area contributed by atoms with Crippen molar-refractivity contribution in [3.63, 3.8) is 0 Å². The number of carbonyl (C=O) groups is 2. The fourth-order valence-electron chi connectivity index (χ4n) is 7.28. The van der Waals surface area contributed by atoms with E-state index in [1.54, 1.807) is 0 Å². The highest BCUT2D eigenvalue weighted by Crippen LogP contribution is 2.24. The topological polar surface area (TPSA) is 186 Å². The van der Waals surface area contributed by atoms with Crippen LogP contribution in [0, 0.1) is 0 Å². The molecule has 1 saturated heterocycles. The second-order valence-corrected chi connectivity index (χ2v) is 18.3. The molecule has 1 rings (SSSR count). The van der Waals surface area contributed by atoms with Gasteiger partial charge in [0.25, 0.3) is 10.1 Å². The Balaban J connectivity index is 2.40. The van der Waals surface area contributed by atoms with Gasteiger partial charge < -0.3 is 34.3 Å². The van der Waals surface area contributed by atoms with Gasteiger partial charge in [-0.25, -0.2) is 0 Å². The smallest absolute Gasteiger partial charge is 0.306 e. The SMILES string of the molecule is CCCC/C=C\C/C=C\CCCCCCCC(=O)OC(COC(=O)CCCCCCCCCCCCCCCCCCCC)COC1OC(CS(=O)(=O)O)C(O)C(O)C1O. The summed E-state index contributed by atoms with van der Waals surface area (Å²) in [7, 11) is -4.60. The van der Waals surface area contributed by atoms with Crippen molar-refractivity contribution < 1.29 is 56.8 Å². The second-order valence-electron chi connectivity index (χ2n) is 16.8. The summed E-state index contributed by atoms with van der Waals surface area (Å²) in [5.41, 5.74) is 0. The van der Waals surface area contributed by atoms with Crippen molar-refractivity contribution in [3.05, 3.63) is 24.3 Å². The highest BCUT2D eigenvalue weighted by atomic mass is 32.2. The Morgan fingerprint density at radius 2 is 1.02 bits per heavy atom. The maximum Gasteiger partial charge on any atom is 0.306 e. The maximum atomic E-state index is 12.8. The number of esters is 2. The van der Waals surface area contributed by atoms with Crippen LogP contribution in [0.3, 0.4) is 0 Å². The lowest BCUT2D eigenvalue weighted by Crippen LogP contribution is -2.60. The quantitative estimate of drug-likeness (QED) is 0.0198. The highest BCUT2D eigenvalue weighted by Gasteiger charge is 2.46.